The average Bonchev–Trinajstić information content (AvgIpc) is 3.08. The molecular formula is C18H12N2O4. The van der Waals surface area contributed by atoms with E-state index in [4.69, 9.17) is 4.84 Å². The van der Waals surface area contributed by atoms with Crippen molar-refractivity contribution in [3.63, 3.8) is 0 Å². The maximum Gasteiger partial charge on any atom is 0.364 e. The van der Waals surface area contributed by atoms with Crippen LogP contribution >= 0.6 is 0 Å². The van der Waals surface area contributed by atoms with Crippen LogP contribution in [-0.2, 0) is 11.9 Å². The Labute approximate surface area is 136 Å². The number of imide groups is 1. The molecule has 0 atom stereocenters. The zero-order valence-electron chi connectivity index (χ0n) is 12.7. The molecular weight excluding hydrogens is 308 g/mol. The van der Waals surface area contributed by atoms with Crippen LogP contribution in [0.3, 0.4) is 0 Å². The fraction of sp³-hybridized carbons (Fsp3) is 0.0556. The van der Waals surface area contributed by atoms with Crippen molar-refractivity contribution >= 4 is 28.7 Å². The van der Waals surface area contributed by atoms with Crippen molar-refractivity contribution in [2.75, 3.05) is 0 Å². The summed E-state index contributed by atoms with van der Waals surface area (Å²) >= 11 is 0. The van der Waals surface area contributed by atoms with E-state index in [-0.39, 0.29) is 16.7 Å². The van der Waals surface area contributed by atoms with Crippen LogP contribution in [0.5, 0.6) is 0 Å². The summed E-state index contributed by atoms with van der Waals surface area (Å²) in [5.74, 6) is -2.03. The van der Waals surface area contributed by atoms with Gasteiger partial charge in [0.1, 0.15) is 0 Å². The molecule has 24 heavy (non-hydrogen) atoms. The fourth-order valence-electron chi connectivity index (χ4n) is 2.78. The first kappa shape index (κ1) is 14.2. The lowest BCUT2D eigenvalue weighted by atomic mass is 10.1. The SMILES string of the molecule is Cn1ccc2ccc(C(=O)ON3C(=O)c4ccccc4C3=O)cc21. The molecule has 0 saturated carbocycles. The molecule has 1 aliphatic heterocycles. The summed E-state index contributed by atoms with van der Waals surface area (Å²) in [6.45, 7) is 0. The van der Waals surface area contributed by atoms with E-state index in [1.165, 1.54) is 12.1 Å². The highest BCUT2D eigenvalue weighted by atomic mass is 16.7. The maximum atomic E-state index is 12.3. The van der Waals surface area contributed by atoms with Crippen molar-refractivity contribution in [1.29, 1.82) is 0 Å². The predicted molar refractivity (Wildman–Crippen MR) is 85.3 cm³/mol. The number of aromatic nitrogens is 1. The minimum Gasteiger partial charge on any atom is -0.351 e. The molecule has 4 rings (SSSR count). The van der Waals surface area contributed by atoms with E-state index in [1.807, 2.05) is 23.9 Å². The first-order valence-corrected chi connectivity index (χ1v) is 7.31. The van der Waals surface area contributed by atoms with E-state index in [1.54, 1.807) is 30.3 Å². The van der Waals surface area contributed by atoms with Crippen LogP contribution in [0.2, 0.25) is 0 Å². The van der Waals surface area contributed by atoms with Gasteiger partial charge in [0.15, 0.2) is 0 Å². The summed E-state index contributed by atoms with van der Waals surface area (Å²) in [7, 11) is 1.86. The zero-order valence-corrected chi connectivity index (χ0v) is 12.7. The van der Waals surface area contributed by atoms with Crippen molar-refractivity contribution in [2.45, 2.75) is 0 Å². The zero-order chi connectivity index (χ0) is 16.8. The Hall–Kier alpha value is -3.41. The number of hydrogen-bond donors (Lipinski definition) is 0. The monoisotopic (exact) mass is 320 g/mol. The molecule has 0 saturated heterocycles. The summed E-state index contributed by atoms with van der Waals surface area (Å²) in [6, 6.07) is 13.3. The largest absolute Gasteiger partial charge is 0.364 e. The number of benzene rings is 2. The molecule has 0 fully saturated rings. The highest BCUT2D eigenvalue weighted by Gasteiger charge is 2.38. The number of amides is 2. The molecule has 118 valence electrons. The number of rotatable bonds is 2. The first-order chi connectivity index (χ1) is 11.6. The van der Waals surface area contributed by atoms with Crippen LogP contribution < -0.4 is 0 Å². The van der Waals surface area contributed by atoms with Crippen molar-refractivity contribution in [1.82, 2.24) is 9.63 Å². The Bertz CT molecular complexity index is 984. The molecule has 2 amide bonds. The van der Waals surface area contributed by atoms with Crippen LogP contribution in [0, 0.1) is 0 Å². The van der Waals surface area contributed by atoms with Gasteiger partial charge in [0.05, 0.1) is 16.7 Å². The van der Waals surface area contributed by atoms with Gasteiger partial charge in [-0.15, -0.1) is 0 Å². The summed E-state index contributed by atoms with van der Waals surface area (Å²) < 4.78 is 1.87. The molecule has 6 heteroatoms. The van der Waals surface area contributed by atoms with Crippen LogP contribution in [0.25, 0.3) is 10.9 Å². The maximum absolute atomic E-state index is 12.3. The standard InChI is InChI=1S/C18H12N2O4/c1-19-9-8-11-6-7-12(10-15(11)19)18(23)24-20-16(21)13-4-2-3-5-14(13)17(20)22/h2-10H,1H3. The third-order valence-electron chi connectivity index (χ3n) is 4.05. The summed E-state index contributed by atoms with van der Waals surface area (Å²) in [5, 5.41) is 1.50. The molecule has 0 bridgehead atoms. The molecule has 2 aromatic carbocycles. The lowest BCUT2D eigenvalue weighted by molar-refractivity contribution is -0.0584. The summed E-state index contributed by atoms with van der Waals surface area (Å²) in [5.41, 5.74) is 1.58. The number of hydrogen-bond acceptors (Lipinski definition) is 4. The second-order valence-electron chi connectivity index (χ2n) is 5.53. The second kappa shape index (κ2) is 5.06. The number of nitrogens with zero attached hydrogens (tertiary/aromatic N) is 2. The van der Waals surface area contributed by atoms with E-state index in [0.717, 1.165) is 10.9 Å². The highest BCUT2D eigenvalue weighted by Crippen LogP contribution is 2.24. The third-order valence-corrected chi connectivity index (χ3v) is 4.05. The second-order valence-corrected chi connectivity index (χ2v) is 5.53. The van der Waals surface area contributed by atoms with E-state index in [9.17, 15) is 14.4 Å². The molecule has 0 spiro atoms. The molecule has 1 aromatic heterocycles. The molecule has 6 nitrogen and oxygen atoms in total. The van der Waals surface area contributed by atoms with Crippen molar-refractivity contribution in [2.24, 2.45) is 7.05 Å². The van der Waals surface area contributed by atoms with Crippen molar-refractivity contribution in [3.8, 4) is 0 Å². The molecule has 0 N–H and O–H groups in total. The predicted octanol–water partition coefficient (Wildman–Crippen LogP) is 2.55. The van der Waals surface area contributed by atoms with E-state index < -0.39 is 17.8 Å². The van der Waals surface area contributed by atoms with Gasteiger partial charge in [-0.3, -0.25) is 9.59 Å². The lowest BCUT2D eigenvalue weighted by Gasteiger charge is -2.12. The summed E-state index contributed by atoms with van der Waals surface area (Å²) in [6.07, 6.45) is 1.88. The van der Waals surface area contributed by atoms with Gasteiger partial charge >= 0.3 is 5.97 Å². The minimum atomic E-state index is -0.757. The van der Waals surface area contributed by atoms with Crippen molar-refractivity contribution in [3.05, 3.63) is 71.4 Å². The van der Waals surface area contributed by atoms with Gasteiger partial charge in [-0.2, -0.15) is 0 Å². The Balaban J connectivity index is 1.63. The fourth-order valence-corrected chi connectivity index (χ4v) is 2.78. The van der Waals surface area contributed by atoms with Gasteiger partial charge < -0.3 is 9.40 Å². The Kier molecular flexibility index (Phi) is 2.99. The number of fused-ring (bicyclic) bond motifs is 2. The molecule has 0 aliphatic carbocycles. The molecule has 0 unspecified atom stereocenters. The quantitative estimate of drug-likeness (QED) is 0.681. The van der Waals surface area contributed by atoms with E-state index in [0.29, 0.717) is 5.06 Å². The van der Waals surface area contributed by atoms with Crippen molar-refractivity contribution < 1.29 is 19.2 Å². The van der Waals surface area contributed by atoms with Gasteiger partial charge in [0.25, 0.3) is 11.8 Å². The molecule has 3 aromatic rings. The van der Waals surface area contributed by atoms with E-state index >= 15 is 0 Å². The number of hydroxylamine groups is 2. The van der Waals surface area contributed by atoms with Crippen LogP contribution in [-0.4, -0.2) is 27.4 Å². The topological polar surface area (TPSA) is 68.6 Å². The molecule has 2 heterocycles. The number of carbonyl (C=O) groups excluding carboxylic acids is 3. The van der Waals surface area contributed by atoms with Gasteiger partial charge in [-0.1, -0.05) is 23.3 Å². The van der Waals surface area contributed by atoms with Crippen LogP contribution in [0.1, 0.15) is 31.1 Å². The Morgan fingerprint density at radius 3 is 2.29 bits per heavy atom. The van der Waals surface area contributed by atoms with Crippen LogP contribution in [0.4, 0.5) is 0 Å². The van der Waals surface area contributed by atoms with Gasteiger partial charge in [-0.25, -0.2) is 4.79 Å². The minimum absolute atomic E-state index is 0.230. The molecule has 1 aliphatic rings. The van der Waals surface area contributed by atoms with Gasteiger partial charge in [-0.05, 0) is 35.7 Å². The van der Waals surface area contributed by atoms with E-state index in [2.05, 4.69) is 0 Å². The number of carbonyl (C=O) groups is 3. The smallest absolute Gasteiger partial charge is 0.351 e. The van der Waals surface area contributed by atoms with Gasteiger partial charge in [0.2, 0.25) is 0 Å². The number of aryl methyl sites for hydroxylation is 1. The lowest BCUT2D eigenvalue weighted by Crippen LogP contribution is -2.32. The van der Waals surface area contributed by atoms with Crippen LogP contribution in [0.15, 0.2) is 54.7 Å². The van der Waals surface area contributed by atoms with Gasteiger partial charge in [0, 0.05) is 18.8 Å². The first-order valence-electron chi connectivity index (χ1n) is 7.31. The third kappa shape index (κ3) is 2.00. The average molecular weight is 320 g/mol. The Morgan fingerprint density at radius 1 is 0.958 bits per heavy atom. The Morgan fingerprint density at radius 2 is 1.62 bits per heavy atom. The molecule has 0 radical (unpaired) electrons. The normalized spacial score (nSPS) is 13.5. The summed E-state index contributed by atoms with van der Waals surface area (Å²) in [4.78, 5) is 41.8. The highest BCUT2D eigenvalue weighted by molar-refractivity contribution is 6.21.